The molecule has 0 spiro atoms. The van der Waals surface area contributed by atoms with Gasteiger partial charge in [-0.15, -0.1) is 11.3 Å². The largest absolute Gasteiger partial charge is 0.395 e. The molecule has 1 amide bonds. The van der Waals surface area contributed by atoms with Crippen LogP contribution < -0.4 is 5.32 Å². The van der Waals surface area contributed by atoms with Crippen LogP contribution in [0.2, 0.25) is 10.0 Å². The second-order valence-electron chi connectivity index (χ2n) is 4.09. The number of halogens is 2. The van der Waals surface area contributed by atoms with Crippen molar-refractivity contribution in [3.63, 3.8) is 0 Å². The highest BCUT2D eigenvalue weighted by atomic mass is 35.5. The van der Waals surface area contributed by atoms with Gasteiger partial charge in [0.15, 0.2) is 0 Å². The fourth-order valence-corrected chi connectivity index (χ4v) is 2.84. The molecular formula is C15H11Cl2NO2S. The Labute approximate surface area is 136 Å². The van der Waals surface area contributed by atoms with Gasteiger partial charge in [0.2, 0.25) is 0 Å². The van der Waals surface area contributed by atoms with Crippen molar-refractivity contribution < 1.29 is 9.90 Å². The molecule has 0 aliphatic heterocycles. The maximum absolute atomic E-state index is 12.1. The molecule has 0 aliphatic carbocycles. The standard InChI is InChI=1S/C15H11Cl2NO2S/c16-11-6-12(17)8-13(7-11)18-15(20)10-5-14(21-9-10)3-1-2-4-19/h5-9,19H,2,4H2,(H,18,20). The summed E-state index contributed by atoms with van der Waals surface area (Å²) < 4.78 is 0. The van der Waals surface area contributed by atoms with Gasteiger partial charge in [0.05, 0.1) is 17.0 Å². The van der Waals surface area contributed by atoms with Gasteiger partial charge in [0, 0.05) is 27.5 Å². The average Bonchev–Trinajstić information content (AvgIpc) is 2.86. The Morgan fingerprint density at radius 2 is 1.95 bits per heavy atom. The minimum absolute atomic E-state index is 0.0290. The lowest BCUT2D eigenvalue weighted by atomic mass is 10.2. The van der Waals surface area contributed by atoms with Crippen LogP contribution in [0, 0.1) is 11.8 Å². The number of nitrogens with one attached hydrogen (secondary N) is 1. The summed E-state index contributed by atoms with van der Waals surface area (Å²) in [6.45, 7) is 0.0290. The number of carbonyl (C=O) groups excluding carboxylic acids is 1. The van der Waals surface area contributed by atoms with Crippen LogP contribution in [-0.2, 0) is 0 Å². The van der Waals surface area contributed by atoms with E-state index >= 15 is 0 Å². The zero-order valence-electron chi connectivity index (χ0n) is 10.8. The van der Waals surface area contributed by atoms with Crippen molar-refractivity contribution in [1.82, 2.24) is 0 Å². The summed E-state index contributed by atoms with van der Waals surface area (Å²) in [7, 11) is 0. The number of benzene rings is 1. The predicted octanol–water partition coefficient (Wildman–Crippen LogP) is 4.04. The van der Waals surface area contributed by atoms with Crippen LogP contribution in [0.4, 0.5) is 5.69 Å². The minimum Gasteiger partial charge on any atom is -0.395 e. The molecule has 0 saturated carbocycles. The first kappa shape index (κ1) is 15.9. The smallest absolute Gasteiger partial charge is 0.256 e. The lowest BCUT2D eigenvalue weighted by Crippen LogP contribution is -2.10. The molecule has 6 heteroatoms. The Morgan fingerprint density at radius 1 is 1.24 bits per heavy atom. The number of hydrogen-bond donors (Lipinski definition) is 2. The normalized spacial score (nSPS) is 9.86. The molecule has 0 radical (unpaired) electrons. The topological polar surface area (TPSA) is 49.3 Å². The van der Waals surface area contributed by atoms with Gasteiger partial charge in [-0.25, -0.2) is 0 Å². The van der Waals surface area contributed by atoms with Crippen molar-refractivity contribution in [2.45, 2.75) is 6.42 Å². The van der Waals surface area contributed by atoms with E-state index in [9.17, 15) is 4.79 Å². The fourth-order valence-electron chi connectivity index (χ4n) is 1.56. The predicted molar refractivity (Wildman–Crippen MR) is 87.3 cm³/mol. The Morgan fingerprint density at radius 3 is 2.62 bits per heavy atom. The van der Waals surface area contributed by atoms with E-state index < -0.39 is 0 Å². The Hall–Kier alpha value is -1.51. The molecule has 0 atom stereocenters. The van der Waals surface area contributed by atoms with E-state index in [1.807, 2.05) is 0 Å². The second-order valence-corrected chi connectivity index (χ2v) is 5.87. The molecule has 2 N–H and O–H groups in total. The van der Waals surface area contributed by atoms with Crippen LogP contribution >= 0.6 is 34.5 Å². The van der Waals surface area contributed by atoms with Crippen LogP contribution in [0.15, 0.2) is 29.6 Å². The van der Waals surface area contributed by atoms with Gasteiger partial charge >= 0.3 is 0 Å². The number of aliphatic hydroxyl groups excluding tert-OH is 1. The number of hydrogen-bond acceptors (Lipinski definition) is 3. The van der Waals surface area contributed by atoms with Crippen molar-refractivity contribution in [2.24, 2.45) is 0 Å². The highest BCUT2D eigenvalue weighted by Gasteiger charge is 2.09. The first-order chi connectivity index (χ1) is 10.1. The molecule has 0 aliphatic rings. The molecule has 21 heavy (non-hydrogen) atoms. The van der Waals surface area contributed by atoms with Crippen molar-refractivity contribution in [1.29, 1.82) is 0 Å². The summed E-state index contributed by atoms with van der Waals surface area (Å²) >= 11 is 13.1. The zero-order valence-corrected chi connectivity index (χ0v) is 13.1. The number of anilines is 1. The molecule has 0 unspecified atom stereocenters. The molecule has 0 bridgehead atoms. The lowest BCUT2D eigenvalue weighted by molar-refractivity contribution is 0.102. The highest BCUT2D eigenvalue weighted by molar-refractivity contribution is 7.10. The third kappa shape index (κ3) is 4.76. The number of thiophene rings is 1. The van der Waals surface area contributed by atoms with Crippen LogP contribution in [-0.4, -0.2) is 17.6 Å². The van der Waals surface area contributed by atoms with E-state index in [1.165, 1.54) is 11.3 Å². The number of aliphatic hydroxyl groups is 1. The molecule has 1 heterocycles. The molecular weight excluding hydrogens is 329 g/mol. The maximum Gasteiger partial charge on any atom is 0.256 e. The van der Waals surface area contributed by atoms with E-state index in [-0.39, 0.29) is 12.5 Å². The quantitative estimate of drug-likeness (QED) is 0.829. The third-order valence-electron chi connectivity index (χ3n) is 2.43. The third-order valence-corrected chi connectivity index (χ3v) is 3.71. The molecule has 2 rings (SSSR count). The first-order valence-corrected chi connectivity index (χ1v) is 7.68. The van der Waals surface area contributed by atoms with E-state index in [0.29, 0.717) is 27.7 Å². The average molecular weight is 340 g/mol. The summed E-state index contributed by atoms with van der Waals surface area (Å²) in [4.78, 5) is 12.9. The summed E-state index contributed by atoms with van der Waals surface area (Å²) in [5.41, 5.74) is 1.06. The maximum atomic E-state index is 12.1. The molecule has 2 aromatic rings. The van der Waals surface area contributed by atoms with Crippen molar-refractivity contribution in [2.75, 3.05) is 11.9 Å². The van der Waals surface area contributed by atoms with Crippen LogP contribution in [0.25, 0.3) is 0 Å². The van der Waals surface area contributed by atoms with Gasteiger partial charge in [0.1, 0.15) is 0 Å². The highest BCUT2D eigenvalue weighted by Crippen LogP contribution is 2.23. The molecule has 3 nitrogen and oxygen atoms in total. The van der Waals surface area contributed by atoms with Gasteiger partial charge in [0.25, 0.3) is 5.91 Å². The van der Waals surface area contributed by atoms with Crippen molar-refractivity contribution >= 4 is 46.1 Å². The van der Waals surface area contributed by atoms with E-state index in [0.717, 1.165) is 4.88 Å². The van der Waals surface area contributed by atoms with Crippen molar-refractivity contribution in [3.05, 3.63) is 50.1 Å². The summed E-state index contributed by atoms with van der Waals surface area (Å²) in [5.74, 6) is 5.45. The van der Waals surface area contributed by atoms with Gasteiger partial charge in [-0.3, -0.25) is 4.79 Å². The van der Waals surface area contributed by atoms with E-state index in [2.05, 4.69) is 17.2 Å². The number of amides is 1. The molecule has 1 aromatic heterocycles. The molecule has 0 fully saturated rings. The summed E-state index contributed by atoms with van der Waals surface area (Å²) in [6.07, 6.45) is 0.417. The zero-order chi connectivity index (χ0) is 15.2. The Kier molecular flexibility index (Phi) is 5.66. The summed E-state index contributed by atoms with van der Waals surface area (Å²) in [5, 5.41) is 14.0. The summed E-state index contributed by atoms with van der Waals surface area (Å²) in [6, 6.07) is 6.55. The Balaban J connectivity index is 2.09. The van der Waals surface area contributed by atoms with Crippen molar-refractivity contribution in [3.8, 4) is 11.8 Å². The molecule has 0 saturated heterocycles. The monoisotopic (exact) mass is 339 g/mol. The van der Waals surface area contributed by atoms with E-state index in [1.54, 1.807) is 29.6 Å². The molecule has 108 valence electrons. The van der Waals surface area contributed by atoms with Gasteiger partial charge in [-0.1, -0.05) is 35.0 Å². The SMILES string of the molecule is O=C(Nc1cc(Cl)cc(Cl)c1)c1csc(C#CCCO)c1. The van der Waals surface area contributed by atoms with Gasteiger partial charge in [-0.05, 0) is 24.3 Å². The van der Waals surface area contributed by atoms with Crippen LogP contribution in [0.1, 0.15) is 21.7 Å². The lowest BCUT2D eigenvalue weighted by Gasteiger charge is -2.04. The fraction of sp³-hybridized carbons (Fsp3) is 0.133. The minimum atomic E-state index is -0.250. The van der Waals surface area contributed by atoms with Gasteiger partial charge < -0.3 is 10.4 Å². The van der Waals surface area contributed by atoms with Gasteiger partial charge in [-0.2, -0.15) is 0 Å². The second kappa shape index (κ2) is 7.48. The van der Waals surface area contributed by atoms with E-state index in [4.69, 9.17) is 28.3 Å². The van der Waals surface area contributed by atoms with Crippen LogP contribution in [0.3, 0.4) is 0 Å². The number of carbonyl (C=O) groups is 1. The number of rotatable bonds is 3. The first-order valence-electron chi connectivity index (χ1n) is 6.04. The molecule has 1 aromatic carbocycles. The Bertz CT molecular complexity index is 696. The van der Waals surface area contributed by atoms with Crippen LogP contribution in [0.5, 0.6) is 0 Å².